The van der Waals surface area contributed by atoms with Gasteiger partial charge < -0.3 is 15.4 Å². The fourth-order valence-electron chi connectivity index (χ4n) is 1.54. The van der Waals surface area contributed by atoms with Crippen molar-refractivity contribution in [1.29, 1.82) is 0 Å². The third-order valence-electron chi connectivity index (χ3n) is 2.49. The van der Waals surface area contributed by atoms with E-state index in [0.29, 0.717) is 17.9 Å². The number of carbonyl (C=O) groups is 1. The van der Waals surface area contributed by atoms with Crippen molar-refractivity contribution in [2.45, 2.75) is 19.9 Å². The van der Waals surface area contributed by atoms with Gasteiger partial charge in [-0.05, 0) is 37.6 Å². The molecule has 0 fully saturated rings. The molecule has 0 heterocycles. The van der Waals surface area contributed by atoms with Crippen LogP contribution in [0.1, 0.15) is 12.5 Å². The van der Waals surface area contributed by atoms with Crippen molar-refractivity contribution in [3.05, 3.63) is 29.6 Å². The van der Waals surface area contributed by atoms with Crippen molar-refractivity contribution in [2.24, 2.45) is 0 Å². The van der Waals surface area contributed by atoms with Gasteiger partial charge in [-0.2, -0.15) is 0 Å². The summed E-state index contributed by atoms with van der Waals surface area (Å²) in [6.07, 6.45) is 0. The van der Waals surface area contributed by atoms with Gasteiger partial charge in [0, 0.05) is 18.8 Å². The van der Waals surface area contributed by atoms with E-state index in [1.807, 2.05) is 6.92 Å². The number of amides is 1. The Balaban J connectivity index is 2.44. The number of nitrogens with one attached hydrogen (secondary N) is 2. The SMILES string of the molecule is COC[C@@H](C)NCC(=O)Nc1ccc(F)cc1C. The van der Waals surface area contributed by atoms with Gasteiger partial charge >= 0.3 is 0 Å². The Hall–Kier alpha value is -1.46. The average molecular weight is 254 g/mol. The van der Waals surface area contributed by atoms with Crippen molar-refractivity contribution in [1.82, 2.24) is 5.32 Å². The summed E-state index contributed by atoms with van der Waals surface area (Å²) in [7, 11) is 1.61. The number of ether oxygens (including phenoxy) is 1. The van der Waals surface area contributed by atoms with Gasteiger partial charge in [-0.3, -0.25) is 4.79 Å². The molecule has 0 saturated heterocycles. The van der Waals surface area contributed by atoms with Crippen LogP contribution in [0.25, 0.3) is 0 Å². The van der Waals surface area contributed by atoms with Crippen LogP contribution >= 0.6 is 0 Å². The molecule has 0 aliphatic heterocycles. The molecule has 18 heavy (non-hydrogen) atoms. The first-order chi connectivity index (χ1) is 8.52. The first-order valence-electron chi connectivity index (χ1n) is 5.81. The molecule has 2 N–H and O–H groups in total. The summed E-state index contributed by atoms with van der Waals surface area (Å²) in [5.41, 5.74) is 1.33. The second-order valence-electron chi connectivity index (χ2n) is 4.24. The van der Waals surface area contributed by atoms with E-state index in [-0.39, 0.29) is 24.3 Å². The van der Waals surface area contributed by atoms with Crippen LogP contribution in [-0.4, -0.2) is 32.2 Å². The van der Waals surface area contributed by atoms with E-state index >= 15 is 0 Å². The number of aryl methyl sites for hydroxylation is 1. The molecule has 0 aromatic heterocycles. The number of rotatable bonds is 6. The standard InChI is InChI=1S/C13H19FN2O2/c1-9-6-11(14)4-5-12(9)16-13(17)7-15-10(2)8-18-3/h4-6,10,15H,7-8H2,1-3H3,(H,16,17)/t10-/m1/s1. The van der Waals surface area contributed by atoms with E-state index in [2.05, 4.69) is 10.6 Å². The Morgan fingerprint density at radius 2 is 2.22 bits per heavy atom. The van der Waals surface area contributed by atoms with Gasteiger partial charge in [-0.15, -0.1) is 0 Å². The predicted molar refractivity (Wildman–Crippen MR) is 69.1 cm³/mol. The number of anilines is 1. The predicted octanol–water partition coefficient (Wildman–Crippen LogP) is 1.70. The fourth-order valence-corrected chi connectivity index (χ4v) is 1.54. The summed E-state index contributed by atoms with van der Waals surface area (Å²) in [6.45, 7) is 4.42. The zero-order valence-electron chi connectivity index (χ0n) is 10.9. The molecule has 1 aromatic carbocycles. The molecule has 0 saturated carbocycles. The Morgan fingerprint density at radius 1 is 1.50 bits per heavy atom. The highest BCUT2D eigenvalue weighted by Gasteiger charge is 2.07. The lowest BCUT2D eigenvalue weighted by molar-refractivity contribution is -0.115. The Bertz CT molecular complexity index is 410. The van der Waals surface area contributed by atoms with Gasteiger partial charge in [0.2, 0.25) is 5.91 Å². The van der Waals surface area contributed by atoms with Gasteiger partial charge in [-0.1, -0.05) is 0 Å². The lowest BCUT2D eigenvalue weighted by Crippen LogP contribution is -2.36. The molecular weight excluding hydrogens is 235 g/mol. The molecule has 1 amide bonds. The molecule has 1 aromatic rings. The zero-order valence-corrected chi connectivity index (χ0v) is 10.9. The molecule has 0 aliphatic carbocycles. The third-order valence-corrected chi connectivity index (χ3v) is 2.49. The van der Waals surface area contributed by atoms with E-state index in [0.717, 1.165) is 0 Å². The van der Waals surface area contributed by atoms with Crippen LogP contribution in [0.4, 0.5) is 10.1 Å². The smallest absolute Gasteiger partial charge is 0.238 e. The molecular formula is C13H19FN2O2. The first kappa shape index (κ1) is 14.6. The highest BCUT2D eigenvalue weighted by Crippen LogP contribution is 2.15. The highest BCUT2D eigenvalue weighted by molar-refractivity contribution is 5.92. The van der Waals surface area contributed by atoms with Crippen molar-refractivity contribution < 1.29 is 13.9 Å². The molecule has 0 bridgehead atoms. The van der Waals surface area contributed by atoms with Crippen molar-refractivity contribution >= 4 is 11.6 Å². The summed E-state index contributed by atoms with van der Waals surface area (Å²) in [4.78, 5) is 11.7. The molecule has 0 spiro atoms. The minimum Gasteiger partial charge on any atom is -0.383 e. The monoisotopic (exact) mass is 254 g/mol. The normalized spacial score (nSPS) is 12.2. The molecule has 100 valence electrons. The van der Waals surface area contributed by atoms with Crippen LogP contribution in [0.15, 0.2) is 18.2 Å². The van der Waals surface area contributed by atoms with Crippen LogP contribution in [0.2, 0.25) is 0 Å². The summed E-state index contributed by atoms with van der Waals surface area (Å²) < 4.78 is 17.8. The zero-order chi connectivity index (χ0) is 13.5. The maximum absolute atomic E-state index is 12.9. The maximum atomic E-state index is 12.9. The lowest BCUT2D eigenvalue weighted by Gasteiger charge is -2.13. The van der Waals surface area contributed by atoms with Crippen LogP contribution in [0.3, 0.4) is 0 Å². The number of hydrogen-bond acceptors (Lipinski definition) is 3. The Labute approximate surface area is 107 Å². The molecule has 4 nitrogen and oxygen atoms in total. The molecule has 0 unspecified atom stereocenters. The molecule has 0 aliphatic rings. The van der Waals surface area contributed by atoms with Gasteiger partial charge in [0.15, 0.2) is 0 Å². The quantitative estimate of drug-likeness (QED) is 0.812. The van der Waals surface area contributed by atoms with Gasteiger partial charge in [0.25, 0.3) is 0 Å². The second-order valence-corrected chi connectivity index (χ2v) is 4.24. The van der Waals surface area contributed by atoms with Crippen LogP contribution < -0.4 is 10.6 Å². The number of methoxy groups -OCH3 is 1. The summed E-state index contributed by atoms with van der Waals surface area (Å²) in [5, 5.41) is 5.75. The molecule has 1 rings (SSSR count). The molecule has 0 radical (unpaired) electrons. The van der Waals surface area contributed by atoms with Crippen LogP contribution in [0.5, 0.6) is 0 Å². The van der Waals surface area contributed by atoms with Crippen molar-refractivity contribution in [3.8, 4) is 0 Å². The van der Waals surface area contributed by atoms with Crippen molar-refractivity contribution in [2.75, 3.05) is 25.6 Å². The summed E-state index contributed by atoms with van der Waals surface area (Å²) >= 11 is 0. The number of carbonyl (C=O) groups excluding carboxylic acids is 1. The number of benzene rings is 1. The fraction of sp³-hybridized carbons (Fsp3) is 0.462. The molecule has 1 atom stereocenters. The third kappa shape index (κ3) is 4.81. The largest absolute Gasteiger partial charge is 0.383 e. The number of halogens is 1. The lowest BCUT2D eigenvalue weighted by atomic mass is 10.2. The Kier molecular flexibility index (Phi) is 5.74. The van der Waals surface area contributed by atoms with E-state index in [9.17, 15) is 9.18 Å². The second kappa shape index (κ2) is 7.08. The van der Waals surface area contributed by atoms with E-state index in [1.54, 1.807) is 20.1 Å². The summed E-state index contributed by atoms with van der Waals surface area (Å²) in [6, 6.07) is 4.37. The number of hydrogen-bond donors (Lipinski definition) is 2. The van der Waals surface area contributed by atoms with E-state index in [1.165, 1.54) is 12.1 Å². The Morgan fingerprint density at radius 3 is 2.83 bits per heavy atom. The van der Waals surface area contributed by atoms with Gasteiger partial charge in [0.1, 0.15) is 5.82 Å². The topological polar surface area (TPSA) is 50.4 Å². The van der Waals surface area contributed by atoms with E-state index < -0.39 is 0 Å². The minimum atomic E-state index is -0.308. The summed E-state index contributed by atoms with van der Waals surface area (Å²) in [5.74, 6) is -0.468. The maximum Gasteiger partial charge on any atom is 0.238 e. The van der Waals surface area contributed by atoms with Gasteiger partial charge in [0.05, 0.1) is 13.2 Å². The van der Waals surface area contributed by atoms with Crippen LogP contribution in [-0.2, 0) is 9.53 Å². The van der Waals surface area contributed by atoms with Crippen LogP contribution in [0, 0.1) is 12.7 Å². The minimum absolute atomic E-state index is 0.107. The van der Waals surface area contributed by atoms with E-state index in [4.69, 9.17) is 4.74 Å². The first-order valence-corrected chi connectivity index (χ1v) is 5.81. The van der Waals surface area contributed by atoms with Gasteiger partial charge in [-0.25, -0.2) is 4.39 Å². The average Bonchev–Trinajstić information content (AvgIpc) is 2.31. The van der Waals surface area contributed by atoms with Crippen molar-refractivity contribution in [3.63, 3.8) is 0 Å². The molecule has 5 heteroatoms. The highest BCUT2D eigenvalue weighted by atomic mass is 19.1.